The van der Waals surface area contributed by atoms with E-state index in [2.05, 4.69) is 26.0 Å². The van der Waals surface area contributed by atoms with Crippen molar-refractivity contribution in [2.45, 2.75) is 24.9 Å². The van der Waals surface area contributed by atoms with E-state index in [0.717, 1.165) is 5.56 Å². The number of hydrogen-bond donors (Lipinski definition) is 4. The number of aromatic nitrogens is 3. The molecule has 0 saturated carbocycles. The number of hydrogen-bond acceptors (Lipinski definition) is 6. The number of carboxylic acids is 1. The second kappa shape index (κ2) is 12.2. The topological polar surface area (TPSA) is 140 Å². The van der Waals surface area contributed by atoms with Crippen molar-refractivity contribution in [1.82, 2.24) is 30.9 Å². The van der Waals surface area contributed by atoms with Gasteiger partial charge in [-0.25, -0.2) is 9.18 Å². The minimum Gasteiger partial charge on any atom is -0.480 e. The Balaban J connectivity index is 1.79. The second-order valence-corrected chi connectivity index (χ2v) is 8.92. The van der Waals surface area contributed by atoms with Crippen LogP contribution >= 0.6 is 11.6 Å². The first kappa shape index (κ1) is 26.8. The summed E-state index contributed by atoms with van der Waals surface area (Å²) in [5.74, 6) is -2.64. The molecule has 0 aliphatic carbocycles. The minimum atomic E-state index is -1.24. The van der Waals surface area contributed by atoms with Crippen LogP contribution in [0.3, 0.4) is 0 Å². The Morgan fingerprint density at radius 1 is 1.14 bits per heavy atom. The maximum absolute atomic E-state index is 14.2. The monoisotopic (exact) mass is 516 g/mol. The van der Waals surface area contributed by atoms with E-state index < -0.39 is 35.7 Å². The van der Waals surface area contributed by atoms with Gasteiger partial charge in [-0.2, -0.15) is 15.4 Å². The zero-order valence-corrected chi connectivity index (χ0v) is 20.4. The van der Waals surface area contributed by atoms with Gasteiger partial charge in [0.15, 0.2) is 5.69 Å². The molecular formula is C24H26ClFN6O4. The van der Waals surface area contributed by atoms with Gasteiger partial charge in [-0.3, -0.25) is 9.59 Å². The van der Waals surface area contributed by atoms with E-state index in [1.54, 1.807) is 43.3 Å². The number of aliphatic carboxylic acids is 1. The Kier molecular flexibility index (Phi) is 9.09. The number of nitrogens with one attached hydrogen (secondary N) is 3. The van der Waals surface area contributed by atoms with Crippen LogP contribution in [-0.4, -0.2) is 75.9 Å². The summed E-state index contributed by atoms with van der Waals surface area (Å²) in [6.07, 6.45) is 1.41. The van der Waals surface area contributed by atoms with E-state index in [1.807, 2.05) is 0 Å². The summed E-state index contributed by atoms with van der Waals surface area (Å²) < 4.78 is 14.2. The van der Waals surface area contributed by atoms with Crippen molar-refractivity contribution in [1.29, 1.82) is 0 Å². The number of H-pyrrole nitrogens is 1. The molecule has 3 aromatic rings. The third kappa shape index (κ3) is 7.59. The van der Waals surface area contributed by atoms with Crippen molar-refractivity contribution < 1.29 is 23.9 Å². The van der Waals surface area contributed by atoms with Crippen LogP contribution < -0.4 is 10.6 Å². The first-order valence-corrected chi connectivity index (χ1v) is 11.4. The van der Waals surface area contributed by atoms with E-state index in [4.69, 9.17) is 11.6 Å². The number of carbonyl (C=O) groups is 3. The molecule has 2 amide bonds. The van der Waals surface area contributed by atoms with E-state index in [9.17, 15) is 23.9 Å². The highest BCUT2D eigenvalue weighted by molar-refractivity contribution is 6.30. The molecule has 1 heterocycles. The van der Waals surface area contributed by atoms with Crippen molar-refractivity contribution in [2.75, 3.05) is 20.6 Å². The van der Waals surface area contributed by atoms with Gasteiger partial charge in [0, 0.05) is 16.6 Å². The summed E-state index contributed by atoms with van der Waals surface area (Å²) in [5.41, 5.74) is 1.76. The predicted molar refractivity (Wildman–Crippen MR) is 131 cm³/mol. The molecule has 0 aliphatic heterocycles. The lowest BCUT2D eigenvalue weighted by molar-refractivity contribution is -0.142. The lowest BCUT2D eigenvalue weighted by Crippen LogP contribution is -2.49. The van der Waals surface area contributed by atoms with E-state index in [-0.39, 0.29) is 25.1 Å². The molecule has 36 heavy (non-hydrogen) atoms. The van der Waals surface area contributed by atoms with Crippen LogP contribution in [0.25, 0.3) is 11.1 Å². The fraction of sp³-hybridized carbons (Fsp3) is 0.292. The Bertz CT molecular complexity index is 1200. The first-order valence-electron chi connectivity index (χ1n) is 11.0. The second-order valence-electron chi connectivity index (χ2n) is 8.48. The van der Waals surface area contributed by atoms with Gasteiger partial charge < -0.3 is 20.6 Å². The Hall–Kier alpha value is -3.83. The highest BCUT2D eigenvalue weighted by Crippen LogP contribution is 2.26. The first-order chi connectivity index (χ1) is 17.1. The molecule has 0 saturated heterocycles. The summed E-state index contributed by atoms with van der Waals surface area (Å²) in [6.45, 7) is 0.0151. The lowest BCUT2D eigenvalue weighted by atomic mass is 9.96. The SMILES string of the molecule is CN(C)CC(=O)NC(CC(Cc1ccc(-c2cc(Cl)ccc2F)cc1)NC(=O)c1cn[nH]n1)C(=O)O. The zero-order valence-electron chi connectivity index (χ0n) is 19.7. The Morgan fingerprint density at radius 3 is 2.47 bits per heavy atom. The predicted octanol–water partition coefficient (Wildman–Crippen LogP) is 2.13. The number of amides is 2. The van der Waals surface area contributed by atoms with Crippen molar-refractivity contribution in [3.8, 4) is 11.1 Å². The molecule has 12 heteroatoms. The average molecular weight is 517 g/mol. The number of nitrogens with zero attached hydrogens (tertiary/aromatic N) is 3. The summed E-state index contributed by atoms with van der Waals surface area (Å²) >= 11 is 6.00. The van der Waals surface area contributed by atoms with Crippen molar-refractivity contribution in [3.63, 3.8) is 0 Å². The molecule has 3 rings (SSSR count). The highest BCUT2D eigenvalue weighted by atomic mass is 35.5. The molecule has 2 unspecified atom stereocenters. The summed E-state index contributed by atoms with van der Waals surface area (Å²) in [5, 5.41) is 25.1. The third-order valence-electron chi connectivity index (χ3n) is 5.27. The number of carboxylic acid groups (broad SMARTS) is 1. The summed E-state index contributed by atoms with van der Waals surface area (Å²) in [7, 11) is 3.38. The minimum absolute atomic E-state index is 0.0151. The normalized spacial score (nSPS) is 12.7. The van der Waals surface area contributed by atoms with Gasteiger partial charge in [-0.05, 0) is 56.3 Å². The van der Waals surface area contributed by atoms with Gasteiger partial charge in [0.25, 0.3) is 5.91 Å². The van der Waals surface area contributed by atoms with Gasteiger partial charge in [0.05, 0.1) is 12.7 Å². The maximum atomic E-state index is 14.2. The molecule has 1 aromatic heterocycles. The molecule has 190 valence electrons. The number of likely N-dealkylation sites (N-methyl/N-ethyl adjacent to an activating group) is 1. The fourth-order valence-corrected chi connectivity index (χ4v) is 3.79. The largest absolute Gasteiger partial charge is 0.480 e. The number of benzene rings is 2. The van der Waals surface area contributed by atoms with E-state index in [0.29, 0.717) is 16.1 Å². The standard InChI is InChI=1S/C24H26ClFN6O4/c1-32(2)13-22(33)29-20(24(35)36)11-17(28-23(34)21-12-27-31-30-21)9-14-3-5-15(6-4-14)18-10-16(25)7-8-19(18)26/h3-8,10,12,17,20H,9,11,13H2,1-2H3,(H,28,34)(H,29,33)(H,35,36)(H,27,30,31). The molecule has 0 radical (unpaired) electrons. The van der Waals surface area contributed by atoms with Gasteiger partial charge in [0.1, 0.15) is 11.9 Å². The molecule has 4 N–H and O–H groups in total. The van der Waals surface area contributed by atoms with Gasteiger partial charge in [-0.15, -0.1) is 0 Å². The number of aromatic amines is 1. The van der Waals surface area contributed by atoms with Crippen molar-refractivity contribution >= 4 is 29.4 Å². The maximum Gasteiger partial charge on any atom is 0.326 e. The van der Waals surface area contributed by atoms with Gasteiger partial charge >= 0.3 is 5.97 Å². The quantitative estimate of drug-likeness (QED) is 0.306. The molecule has 10 nitrogen and oxygen atoms in total. The van der Waals surface area contributed by atoms with Crippen LogP contribution in [0.1, 0.15) is 22.5 Å². The van der Waals surface area contributed by atoms with E-state index >= 15 is 0 Å². The molecule has 0 fully saturated rings. The lowest BCUT2D eigenvalue weighted by Gasteiger charge is -2.23. The molecule has 0 aliphatic rings. The highest BCUT2D eigenvalue weighted by Gasteiger charge is 2.26. The Labute approximate surface area is 211 Å². The third-order valence-corrected chi connectivity index (χ3v) is 5.51. The van der Waals surface area contributed by atoms with Crippen LogP contribution in [0.15, 0.2) is 48.7 Å². The van der Waals surface area contributed by atoms with Crippen LogP contribution in [-0.2, 0) is 16.0 Å². The average Bonchev–Trinajstić information content (AvgIpc) is 3.35. The molecule has 0 spiro atoms. The van der Waals surface area contributed by atoms with Crippen LogP contribution in [0.2, 0.25) is 5.02 Å². The van der Waals surface area contributed by atoms with Crippen molar-refractivity contribution in [2.24, 2.45) is 0 Å². The fourth-order valence-electron chi connectivity index (χ4n) is 3.62. The molecule has 0 bridgehead atoms. The van der Waals surface area contributed by atoms with Crippen LogP contribution in [0.4, 0.5) is 4.39 Å². The van der Waals surface area contributed by atoms with Gasteiger partial charge in [0.2, 0.25) is 5.91 Å². The molecule has 2 atom stereocenters. The molecular weight excluding hydrogens is 491 g/mol. The Morgan fingerprint density at radius 2 is 1.86 bits per heavy atom. The van der Waals surface area contributed by atoms with Gasteiger partial charge in [-0.1, -0.05) is 35.9 Å². The van der Waals surface area contributed by atoms with E-state index in [1.165, 1.54) is 24.4 Å². The van der Waals surface area contributed by atoms with Crippen molar-refractivity contribution in [3.05, 3.63) is 70.8 Å². The van der Waals surface area contributed by atoms with Crippen LogP contribution in [0, 0.1) is 5.82 Å². The molecule has 2 aromatic carbocycles. The number of carbonyl (C=O) groups excluding carboxylic acids is 2. The summed E-state index contributed by atoms with van der Waals surface area (Å²) in [6, 6.07) is 9.31. The van der Waals surface area contributed by atoms with Crippen LogP contribution in [0.5, 0.6) is 0 Å². The number of rotatable bonds is 11. The summed E-state index contributed by atoms with van der Waals surface area (Å²) in [4.78, 5) is 38.3. The number of halogens is 2. The smallest absolute Gasteiger partial charge is 0.326 e. The zero-order chi connectivity index (χ0) is 26.2.